The van der Waals surface area contributed by atoms with Crippen LogP contribution in [0, 0.1) is 5.92 Å². The fraction of sp³-hybridized carbons (Fsp3) is 1.00. The lowest BCUT2D eigenvalue weighted by Gasteiger charge is -2.40. The van der Waals surface area contributed by atoms with Crippen molar-refractivity contribution in [2.24, 2.45) is 5.92 Å². The maximum absolute atomic E-state index is 13.1. The number of hydrogen-bond donors (Lipinski definition) is 1. The highest BCUT2D eigenvalue weighted by Gasteiger charge is 2.45. The van der Waals surface area contributed by atoms with Gasteiger partial charge in [0.2, 0.25) is 0 Å². The van der Waals surface area contributed by atoms with Gasteiger partial charge in [-0.25, -0.2) is 0 Å². The molecule has 5 heteroatoms. The molecule has 1 heterocycles. The van der Waals surface area contributed by atoms with Crippen molar-refractivity contribution in [3.63, 3.8) is 0 Å². The van der Waals surface area contributed by atoms with E-state index in [9.17, 15) is 13.2 Å². The molecule has 2 aliphatic rings. The van der Waals surface area contributed by atoms with Crippen LogP contribution in [0.2, 0.25) is 0 Å². The van der Waals surface area contributed by atoms with Crippen molar-refractivity contribution in [2.45, 2.75) is 76.7 Å². The van der Waals surface area contributed by atoms with Crippen molar-refractivity contribution < 1.29 is 13.2 Å². The van der Waals surface area contributed by atoms with Gasteiger partial charge in [0.1, 0.15) is 0 Å². The molecular weight excluding hydrogens is 265 g/mol. The van der Waals surface area contributed by atoms with Crippen LogP contribution in [0.5, 0.6) is 0 Å². The van der Waals surface area contributed by atoms with Gasteiger partial charge in [0.25, 0.3) is 0 Å². The van der Waals surface area contributed by atoms with Crippen LogP contribution in [0.1, 0.15) is 52.4 Å². The van der Waals surface area contributed by atoms with Gasteiger partial charge >= 0.3 is 6.18 Å². The highest BCUT2D eigenvalue weighted by Crippen LogP contribution is 2.38. The first-order chi connectivity index (χ1) is 9.38. The number of nitrogens with one attached hydrogen (secondary N) is 1. The lowest BCUT2D eigenvalue weighted by atomic mass is 9.83. The smallest absolute Gasteiger partial charge is 0.311 e. The second kappa shape index (κ2) is 6.65. The third-order valence-electron chi connectivity index (χ3n) is 4.90. The predicted molar refractivity (Wildman–Crippen MR) is 74.7 cm³/mol. The summed E-state index contributed by atoms with van der Waals surface area (Å²) in [6.07, 6.45) is 0.513. The zero-order valence-corrected chi connectivity index (χ0v) is 12.5. The van der Waals surface area contributed by atoms with Crippen molar-refractivity contribution in [1.82, 2.24) is 10.2 Å². The summed E-state index contributed by atoms with van der Waals surface area (Å²) < 4.78 is 39.2. The van der Waals surface area contributed by atoms with Crippen LogP contribution in [0.15, 0.2) is 0 Å². The first-order valence-corrected chi connectivity index (χ1v) is 7.94. The number of rotatable bonds is 3. The molecular formula is C15H27F3N2. The van der Waals surface area contributed by atoms with E-state index >= 15 is 0 Å². The van der Waals surface area contributed by atoms with Gasteiger partial charge in [-0.1, -0.05) is 12.8 Å². The topological polar surface area (TPSA) is 15.3 Å². The summed E-state index contributed by atoms with van der Waals surface area (Å²) >= 11 is 0. The van der Waals surface area contributed by atoms with E-state index in [4.69, 9.17) is 0 Å². The van der Waals surface area contributed by atoms with Gasteiger partial charge in [0.05, 0.1) is 5.92 Å². The Morgan fingerprint density at radius 3 is 2.15 bits per heavy atom. The maximum Gasteiger partial charge on any atom is 0.393 e. The van der Waals surface area contributed by atoms with Crippen molar-refractivity contribution in [3.8, 4) is 0 Å². The summed E-state index contributed by atoms with van der Waals surface area (Å²) in [5, 5.41) is 3.33. The molecule has 2 fully saturated rings. The zero-order valence-electron chi connectivity index (χ0n) is 12.5. The van der Waals surface area contributed by atoms with Gasteiger partial charge in [0, 0.05) is 18.1 Å². The Hall–Kier alpha value is -0.290. The van der Waals surface area contributed by atoms with Crippen molar-refractivity contribution in [2.75, 3.05) is 13.1 Å². The number of likely N-dealkylation sites (tertiary alicyclic amines) is 1. The highest BCUT2D eigenvalue weighted by atomic mass is 19.4. The summed E-state index contributed by atoms with van der Waals surface area (Å²) in [7, 11) is 0. The first-order valence-electron chi connectivity index (χ1n) is 7.94. The molecule has 2 rings (SSSR count). The second-order valence-electron chi connectivity index (χ2n) is 6.61. The van der Waals surface area contributed by atoms with Crippen LogP contribution in [-0.4, -0.2) is 42.3 Å². The molecule has 0 bridgehead atoms. The van der Waals surface area contributed by atoms with Gasteiger partial charge in [-0.2, -0.15) is 13.2 Å². The Kier molecular flexibility index (Phi) is 5.35. The minimum atomic E-state index is -4.04. The average molecular weight is 292 g/mol. The van der Waals surface area contributed by atoms with Crippen LogP contribution in [0.3, 0.4) is 0 Å². The van der Waals surface area contributed by atoms with Gasteiger partial charge in [-0.05, 0) is 52.6 Å². The van der Waals surface area contributed by atoms with Gasteiger partial charge < -0.3 is 10.2 Å². The fourth-order valence-electron chi connectivity index (χ4n) is 3.61. The van der Waals surface area contributed by atoms with Gasteiger partial charge in [0.15, 0.2) is 0 Å². The lowest BCUT2D eigenvalue weighted by Crippen LogP contribution is -2.52. The van der Waals surface area contributed by atoms with Crippen molar-refractivity contribution in [3.05, 3.63) is 0 Å². The number of alkyl halides is 3. The minimum Gasteiger partial charge on any atom is -0.311 e. The zero-order chi connectivity index (χ0) is 14.8. The lowest BCUT2D eigenvalue weighted by molar-refractivity contribution is -0.189. The third kappa shape index (κ3) is 4.10. The van der Waals surface area contributed by atoms with E-state index in [2.05, 4.69) is 24.1 Å². The van der Waals surface area contributed by atoms with Crippen LogP contribution in [0.25, 0.3) is 0 Å². The second-order valence-corrected chi connectivity index (χ2v) is 6.61. The van der Waals surface area contributed by atoms with Crippen LogP contribution in [0.4, 0.5) is 13.2 Å². The molecule has 0 aromatic heterocycles. The van der Waals surface area contributed by atoms with Gasteiger partial charge in [-0.15, -0.1) is 0 Å². The Labute approximate surface area is 120 Å². The molecule has 1 aliphatic heterocycles. The first kappa shape index (κ1) is 16.1. The Morgan fingerprint density at radius 2 is 1.60 bits per heavy atom. The van der Waals surface area contributed by atoms with E-state index in [1.54, 1.807) is 0 Å². The van der Waals surface area contributed by atoms with E-state index in [1.165, 1.54) is 0 Å². The van der Waals surface area contributed by atoms with E-state index in [1.807, 2.05) is 0 Å². The molecule has 2 nitrogen and oxygen atoms in total. The number of halogens is 3. The molecule has 1 aliphatic carbocycles. The van der Waals surface area contributed by atoms with E-state index in [-0.39, 0.29) is 12.1 Å². The predicted octanol–water partition coefficient (Wildman–Crippen LogP) is 3.57. The Balaban J connectivity index is 1.86. The van der Waals surface area contributed by atoms with Crippen LogP contribution < -0.4 is 5.32 Å². The summed E-state index contributed by atoms with van der Waals surface area (Å²) in [4.78, 5) is 2.40. The Morgan fingerprint density at radius 1 is 1.00 bits per heavy atom. The molecule has 2 unspecified atom stereocenters. The van der Waals surface area contributed by atoms with E-state index in [0.29, 0.717) is 25.3 Å². The van der Waals surface area contributed by atoms with Gasteiger partial charge in [-0.3, -0.25) is 0 Å². The fourth-order valence-corrected chi connectivity index (χ4v) is 3.61. The normalized spacial score (nSPS) is 30.9. The standard InChI is InChI=1S/C15H27F3N2/c1-11(2)20-9-7-12(8-10-20)19-14-6-4-3-5-13(14)15(16,17)18/h11-14,19H,3-10H2,1-2H3. The molecule has 0 aromatic rings. The van der Waals surface area contributed by atoms with E-state index < -0.39 is 12.1 Å². The van der Waals surface area contributed by atoms with E-state index in [0.717, 1.165) is 32.4 Å². The molecule has 0 radical (unpaired) electrons. The average Bonchev–Trinajstić information content (AvgIpc) is 2.38. The Bertz CT molecular complexity index is 296. The van der Waals surface area contributed by atoms with Crippen LogP contribution >= 0.6 is 0 Å². The molecule has 0 spiro atoms. The van der Waals surface area contributed by atoms with Crippen molar-refractivity contribution in [1.29, 1.82) is 0 Å². The summed E-state index contributed by atoms with van der Waals surface area (Å²) in [6.45, 7) is 6.35. The number of piperidine rings is 1. The molecule has 20 heavy (non-hydrogen) atoms. The molecule has 1 saturated carbocycles. The molecule has 2 atom stereocenters. The molecule has 118 valence electrons. The summed E-state index contributed by atoms with van der Waals surface area (Å²) in [5.74, 6) is -1.14. The third-order valence-corrected chi connectivity index (χ3v) is 4.90. The summed E-state index contributed by atoms with van der Waals surface area (Å²) in [6, 6.07) is 0.436. The molecule has 1 N–H and O–H groups in total. The number of nitrogens with zero attached hydrogens (tertiary/aromatic N) is 1. The minimum absolute atomic E-state index is 0.262. The quantitative estimate of drug-likeness (QED) is 0.855. The van der Waals surface area contributed by atoms with Crippen LogP contribution in [-0.2, 0) is 0 Å². The molecule has 0 aromatic carbocycles. The summed E-state index contributed by atoms with van der Waals surface area (Å²) in [5.41, 5.74) is 0. The number of hydrogen-bond acceptors (Lipinski definition) is 2. The largest absolute Gasteiger partial charge is 0.393 e. The monoisotopic (exact) mass is 292 g/mol. The molecule has 0 amide bonds. The van der Waals surface area contributed by atoms with Crippen molar-refractivity contribution >= 4 is 0 Å². The molecule has 1 saturated heterocycles. The highest BCUT2D eigenvalue weighted by molar-refractivity contribution is 4.89. The maximum atomic E-state index is 13.1. The SMILES string of the molecule is CC(C)N1CCC(NC2CCCCC2C(F)(F)F)CC1.